The Bertz CT molecular complexity index is 229. The molecular weight excluding hydrogens is 124 g/mol. The molecule has 0 aromatic carbocycles. The fraction of sp³-hybridized carbons (Fsp3) is 0.500. The van der Waals surface area contributed by atoms with Crippen LogP contribution < -0.4 is 0 Å². The molecule has 0 aliphatic heterocycles. The topological polar surface area (TPSA) is 47.6 Å². The molecule has 0 heterocycles. The Morgan fingerprint density at radius 3 is 2.10 bits per heavy atom. The summed E-state index contributed by atoms with van der Waals surface area (Å²) >= 11 is 0. The minimum absolute atomic E-state index is 0.308. The summed E-state index contributed by atoms with van der Waals surface area (Å²) in [6.45, 7) is 1.87. The van der Waals surface area contributed by atoms with Gasteiger partial charge in [-0.1, -0.05) is 0 Å². The van der Waals surface area contributed by atoms with Crippen molar-refractivity contribution >= 4 is 0 Å². The summed E-state index contributed by atoms with van der Waals surface area (Å²) in [7, 11) is 0. The molecule has 0 aromatic heterocycles. The lowest BCUT2D eigenvalue weighted by Crippen LogP contribution is -1.84. The molecule has 2 heteroatoms. The molecule has 0 amide bonds. The Hall–Kier alpha value is -1.28. The van der Waals surface area contributed by atoms with Crippen molar-refractivity contribution < 1.29 is 0 Å². The van der Waals surface area contributed by atoms with Gasteiger partial charge in [0.25, 0.3) is 0 Å². The van der Waals surface area contributed by atoms with Gasteiger partial charge in [0.1, 0.15) is 17.7 Å². The summed E-state index contributed by atoms with van der Waals surface area (Å²) in [5.74, 6) is 0.536. The van der Waals surface area contributed by atoms with Gasteiger partial charge in [0.15, 0.2) is 0 Å². The van der Waals surface area contributed by atoms with Gasteiger partial charge in [0.2, 0.25) is 0 Å². The number of nitrogens with zero attached hydrogens (tertiary/aromatic N) is 2. The lowest BCUT2D eigenvalue weighted by atomic mass is 10.1. The Labute approximate surface area is 60.4 Å². The van der Waals surface area contributed by atoms with Crippen LogP contribution in [0.3, 0.4) is 0 Å². The first-order valence-corrected chi connectivity index (χ1v) is 3.30. The van der Waals surface area contributed by atoms with Crippen LogP contribution in [0, 0.1) is 28.6 Å². The summed E-state index contributed by atoms with van der Waals surface area (Å²) in [6.07, 6.45) is 2.30. The summed E-state index contributed by atoms with van der Waals surface area (Å²) in [5, 5.41) is 16.9. The zero-order chi connectivity index (χ0) is 7.56. The third-order valence-corrected chi connectivity index (χ3v) is 1.81. The fourth-order valence-corrected chi connectivity index (χ4v) is 0.922. The van der Waals surface area contributed by atoms with E-state index in [1.165, 1.54) is 0 Å². The average molecular weight is 132 g/mol. The highest BCUT2D eigenvalue weighted by Gasteiger charge is 2.25. The SMILES string of the molecule is CC(=C(C#N)C#N)C1CC1. The maximum absolute atomic E-state index is 8.44. The van der Waals surface area contributed by atoms with E-state index in [0.717, 1.165) is 18.4 Å². The lowest BCUT2D eigenvalue weighted by molar-refractivity contribution is 0.996. The highest BCUT2D eigenvalue weighted by atomic mass is 14.3. The van der Waals surface area contributed by atoms with E-state index >= 15 is 0 Å². The van der Waals surface area contributed by atoms with E-state index in [1.807, 2.05) is 19.1 Å². The molecule has 0 spiro atoms. The van der Waals surface area contributed by atoms with Crippen molar-refractivity contribution in [3.63, 3.8) is 0 Å². The third-order valence-electron chi connectivity index (χ3n) is 1.81. The van der Waals surface area contributed by atoms with Crippen molar-refractivity contribution in [2.45, 2.75) is 19.8 Å². The first kappa shape index (κ1) is 6.83. The van der Waals surface area contributed by atoms with Crippen LogP contribution in [0.2, 0.25) is 0 Å². The molecule has 0 radical (unpaired) electrons. The maximum Gasteiger partial charge on any atom is 0.128 e. The Morgan fingerprint density at radius 2 is 1.80 bits per heavy atom. The fourth-order valence-electron chi connectivity index (χ4n) is 0.922. The van der Waals surface area contributed by atoms with Crippen LogP contribution in [0.25, 0.3) is 0 Å². The van der Waals surface area contributed by atoms with E-state index in [4.69, 9.17) is 10.5 Å². The van der Waals surface area contributed by atoms with E-state index in [2.05, 4.69) is 0 Å². The first-order valence-electron chi connectivity index (χ1n) is 3.30. The predicted molar refractivity (Wildman–Crippen MR) is 36.7 cm³/mol. The van der Waals surface area contributed by atoms with Gasteiger partial charge in [0.05, 0.1) is 0 Å². The van der Waals surface area contributed by atoms with Crippen LogP contribution >= 0.6 is 0 Å². The minimum Gasteiger partial charge on any atom is -0.192 e. The van der Waals surface area contributed by atoms with Gasteiger partial charge < -0.3 is 0 Å². The molecule has 1 aliphatic rings. The second-order valence-electron chi connectivity index (χ2n) is 2.56. The molecule has 0 saturated heterocycles. The lowest BCUT2D eigenvalue weighted by Gasteiger charge is -1.92. The van der Waals surface area contributed by atoms with Gasteiger partial charge >= 0.3 is 0 Å². The van der Waals surface area contributed by atoms with Crippen LogP contribution in [0.4, 0.5) is 0 Å². The van der Waals surface area contributed by atoms with Crippen molar-refractivity contribution in [2.24, 2.45) is 5.92 Å². The molecule has 1 rings (SSSR count). The van der Waals surface area contributed by atoms with Crippen molar-refractivity contribution in [2.75, 3.05) is 0 Å². The molecule has 10 heavy (non-hydrogen) atoms. The van der Waals surface area contributed by atoms with Gasteiger partial charge in [-0.25, -0.2) is 0 Å². The van der Waals surface area contributed by atoms with Crippen molar-refractivity contribution in [3.05, 3.63) is 11.1 Å². The van der Waals surface area contributed by atoms with Gasteiger partial charge in [-0.05, 0) is 31.3 Å². The summed E-state index contributed by atoms with van der Waals surface area (Å²) in [6, 6.07) is 3.78. The monoisotopic (exact) mass is 132 g/mol. The quantitative estimate of drug-likeness (QED) is 0.510. The zero-order valence-corrected chi connectivity index (χ0v) is 5.89. The second-order valence-corrected chi connectivity index (χ2v) is 2.56. The normalized spacial score (nSPS) is 15.1. The molecule has 0 unspecified atom stereocenters. The largest absolute Gasteiger partial charge is 0.192 e. The Balaban J connectivity index is 2.83. The van der Waals surface area contributed by atoms with Crippen molar-refractivity contribution in [1.82, 2.24) is 0 Å². The summed E-state index contributed by atoms with van der Waals surface area (Å²) in [5.41, 5.74) is 1.28. The molecule has 50 valence electrons. The number of hydrogen-bond donors (Lipinski definition) is 0. The molecule has 2 nitrogen and oxygen atoms in total. The van der Waals surface area contributed by atoms with E-state index in [1.54, 1.807) is 0 Å². The third kappa shape index (κ3) is 1.17. The van der Waals surface area contributed by atoms with Crippen LogP contribution in [-0.4, -0.2) is 0 Å². The van der Waals surface area contributed by atoms with Gasteiger partial charge in [0, 0.05) is 0 Å². The molecule has 1 saturated carbocycles. The number of hydrogen-bond acceptors (Lipinski definition) is 2. The van der Waals surface area contributed by atoms with Crippen LogP contribution in [0.5, 0.6) is 0 Å². The number of allylic oxidation sites excluding steroid dienone is 2. The number of nitriles is 2. The van der Waals surface area contributed by atoms with Crippen LogP contribution in [0.15, 0.2) is 11.1 Å². The Morgan fingerprint density at radius 1 is 1.30 bits per heavy atom. The van der Waals surface area contributed by atoms with Crippen LogP contribution in [-0.2, 0) is 0 Å². The first-order chi connectivity index (χ1) is 4.79. The van der Waals surface area contributed by atoms with Crippen molar-refractivity contribution in [3.8, 4) is 12.1 Å². The van der Waals surface area contributed by atoms with Crippen LogP contribution in [0.1, 0.15) is 19.8 Å². The van der Waals surface area contributed by atoms with E-state index < -0.39 is 0 Å². The highest BCUT2D eigenvalue weighted by Crippen LogP contribution is 2.37. The molecule has 0 bridgehead atoms. The molecular formula is C8H8N2. The van der Waals surface area contributed by atoms with Gasteiger partial charge in [-0.2, -0.15) is 10.5 Å². The van der Waals surface area contributed by atoms with Gasteiger partial charge in [-0.3, -0.25) is 0 Å². The molecule has 1 aliphatic carbocycles. The summed E-state index contributed by atoms with van der Waals surface area (Å²) < 4.78 is 0. The smallest absolute Gasteiger partial charge is 0.128 e. The van der Waals surface area contributed by atoms with E-state index in [-0.39, 0.29) is 0 Å². The van der Waals surface area contributed by atoms with Crippen molar-refractivity contribution in [1.29, 1.82) is 10.5 Å². The number of rotatable bonds is 1. The molecule has 1 fully saturated rings. The Kier molecular flexibility index (Phi) is 1.73. The predicted octanol–water partition coefficient (Wildman–Crippen LogP) is 1.76. The minimum atomic E-state index is 0.308. The standard InChI is InChI=1S/C8H8N2/c1-6(7-2-3-7)8(4-9)5-10/h7H,2-3H2,1H3. The second kappa shape index (κ2) is 2.54. The zero-order valence-electron chi connectivity index (χ0n) is 5.89. The molecule has 0 N–H and O–H groups in total. The maximum atomic E-state index is 8.44. The molecule has 0 aromatic rings. The highest BCUT2D eigenvalue weighted by molar-refractivity contribution is 5.41. The average Bonchev–Trinajstić information content (AvgIpc) is 2.71. The van der Waals surface area contributed by atoms with Gasteiger partial charge in [-0.15, -0.1) is 0 Å². The van der Waals surface area contributed by atoms with E-state index in [9.17, 15) is 0 Å². The molecule has 0 atom stereocenters. The van der Waals surface area contributed by atoms with E-state index in [0.29, 0.717) is 11.5 Å². The summed E-state index contributed by atoms with van der Waals surface area (Å²) in [4.78, 5) is 0.